The molecule has 5 atom stereocenters. The molecule has 292 valence electrons. The fraction of sp³-hybridized carbons (Fsp3) is 0.791. The van der Waals surface area contributed by atoms with E-state index in [1.807, 2.05) is 51.1 Å². The number of ether oxygens (including phenoxy) is 1. The van der Waals surface area contributed by atoms with Crippen molar-refractivity contribution in [1.82, 2.24) is 10.2 Å². The second-order valence-corrected chi connectivity index (χ2v) is 16.4. The van der Waals surface area contributed by atoms with Crippen LogP contribution in [0, 0.1) is 5.92 Å². The van der Waals surface area contributed by atoms with E-state index >= 15 is 0 Å². The zero-order valence-electron chi connectivity index (χ0n) is 33.1. The van der Waals surface area contributed by atoms with Crippen LogP contribution in [0.3, 0.4) is 0 Å². The monoisotopic (exact) mass is 714 g/mol. The molecule has 1 heterocycles. The molecule has 1 aromatic rings. The molecule has 0 aromatic heterocycles. The lowest BCUT2D eigenvalue weighted by Gasteiger charge is -2.32. The Bertz CT molecular complexity index is 1080. The summed E-state index contributed by atoms with van der Waals surface area (Å²) in [6.07, 6.45) is 25.3. The van der Waals surface area contributed by atoms with Gasteiger partial charge in [0.15, 0.2) is 0 Å². The van der Waals surface area contributed by atoms with Crippen LogP contribution >= 0.6 is 0 Å². The van der Waals surface area contributed by atoms with Gasteiger partial charge in [-0.3, -0.25) is 14.9 Å². The summed E-state index contributed by atoms with van der Waals surface area (Å²) < 4.78 is 5.73. The van der Waals surface area contributed by atoms with Crippen molar-refractivity contribution < 1.29 is 24.2 Å². The summed E-state index contributed by atoms with van der Waals surface area (Å²) >= 11 is 0. The Hall–Kier alpha value is -2.45. The normalized spacial score (nSPS) is 19.6. The van der Waals surface area contributed by atoms with E-state index in [-0.39, 0.29) is 29.4 Å². The van der Waals surface area contributed by atoms with Crippen LogP contribution in [0.4, 0.5) is 0 Å². The van der Waals surface area contributed by atoms with Crippen molar-refractivity contribution in [3.05, 3.63) is 35.9 Å². The van der Waals surface area contributed by atoms with E-state index in [4.69, 9.17) is 10.5 Å². The second kappa shape index (κ2) is 25.5. The summed E-state index contributed by atoms with van der Waals surface area (Å²) in [7, 11) is 0. The van der Waals surface area contributed by atoms with Gasteiger partial charge in [0.2, 0.25) is 5.91 Å². The molecule has 0 bridgehead atoms. The molecule has 4 N–H and O–H groups in total. The minimum Gasteiger partial charge on any atom is -0.480 e. The first-order chi connectivity index (χ1) is 24.4. The molecule has 1 aromatic carbocycles. The molecule has 51 heavy (non-hydrogen) atoms. The number of carbonyl (C=O) groups is 3. The van der Waals surface area contributed by atoms with Crippen molar-refractivity contribution in [1.29, 1.82) is 0 Å². The lowest BCUT2D eigenvalue weighted by Crippen LogP contribution is -2.55. The van der Waals surface area contributed by atoms with Crippen molar-refractivity contribution in [2.45, 2.75) is 206 Å². The molecular weight excluding hydrogens is 638 g/mol. The number of carboxylic acids is 1. The zero-order chi connectivity index (χ0) is 37.5. The first-order valence-electron chi connectivity index (χ1n) is 20.7. The molecule has 8 heteroatoms. The van der Waals surface area contributed by atoms with E-state index in [2.05, 4.69) is 12.2 Å². The van der Waals surface area contributed by atoms with E-state index in [1.54, 1.807) is 11.8 Å². The number of unbranched alkanes of at least 4 members (excludes halogenated alkanes) is 15. The van der Waals surface area contributed by atoms with Crippen molar-refractivity contribution in [3.8, 4) is 0 Å². The van der Waals surface area contributed by atoms with Crippen LogP contribution in [0.1, 0.15) is 175 Å². The topological polar surface area (TPSA) is 122 Å². The molecule has 0 spiro atoms. The average Bonchev–Trinajstić information content (AvgIpc) is 3.69. The number of hydrogen-bond acceptors (Lipinski definition) is 6. The van der Waals surface area contributed by atoms with Gasteiger partial charge in [-0.05, 0) is 77.7 Å². The van der Waals surface area contributed by atoms with Crippen molar-refractivity contribution in [2.24, 2.45) is 11.7 Å². The van der Waals surface area contributed by atoms with Gasteiger partial charge >= 0.3 is 11.9 Å². The molecule has 1 aliphatic heterocycles. The Kier molecular flexibility index (Phi) is 22.4. The molecule has 1 saturated carbocycles. The Morgan fingerprint density at radius 2 is 1.37 bits per heavy atom. The van der Waals surface area contributed by atoms with E-state index in [0.717, 1.165) is 37.7 Å². The number of amides is 1. The van der Waals surface area contributed by atoms with Gasteiger partial charge < -0.3 is 20.5 Å². The lowest BCUT2D eigenvalue weighted by atomic mass is 10.0. The number of nitrogens with zero attached hydrogens (tertiary/aromatic N) is 1. The third-order valence-corrected chi connectivity index (χ3v) is 10.3. The van der Waals surface area contributed by atoms with Gasteiger partial charge in [0.1, 0.15) is 12.1 Å². The highest BCUT2D eigenvalue weighted by molar-refractivity contribution is 5.88. The molecule has 3 rings (SSSR count). The number of nitrogens with one attached hydrogen (secondary N) is 1. The number of aliphatic carboxylic acids is 1. The van der Waals surface area contributed by atoms with E-state index in [9.17, 15) is 19.5 Å². The highest BCUT2D eigenvalue weighted by atomic mass is 16.5. The van der Waals surface area contributed by atoms with Crippen molar-refractivity contribution in [3.63, 3.8) is 0 Å². The number of likely N-dealkylation sites (tertiary alicyclic amines) is 1. The van der Waals surface area contributed by atoms with Crippen molar-refractivity contribution >= 4 is 17.8 Å². The van der Waals surface area contributed by atoms with Gasteiger partial charge in [-0.15, -0.1) is 0 Å². The minimum atomic E-state index is -0.936. The Labute approximate surface area is 311 Å². The summed E-state index contributed by atoms with van der Waals surface area (Å²) in [5, 5.41) is 13.1. The molecule has 1 saturated heterocycles. The predicted octanol–water partition coefficient (Wildman–Crippen LogP) is 9.37. The number of hydrogen-bond donors (Lipinski definition) is 3. The van der Waals surface area contributed by atoms with Gasteiger partial charge in [0.25, 0.3) is 0 Å². The predicted molar refractivity (Wildman–Crippen MR) is 210 cm³/mol. The zero-order valence-corrected chi connectivity index (χ0v) is 33.1. The second-order valence-electron chi connectivity index (χ2n) is 16.4. The van der Waals surface area contributed by atoms with E-state index in [1.165, 1.54) is 89.9 Å². The van der Waals surface area contributed by atoms with Crippen LogP contribution in [-0.2, 0) is 25.5 Å². The van der Waals surface area contributed by atoms with Crippen LogP contribution in [0.2, 0.25) is 0 Å². The average molecular weight is 714 g/mol. The van der Waals surface area contributed by atoms with Crippen LogP contribution in [0.15, 0.2) is 30.3 Å². The summed E-state index contributed by atoms with van der Waals surface area (Å²) in [4.78, 5) is 40.5. The lowest BCUT2D eigenvalue weighted by molar-refractivity contribution is -0.151. The van der Waals surface area contributed by atoms with Gasteiger partial charge in [-0.1, -0.05) is 140 Å². The number of carboxylic acid groups (broad SMARTS) is 1. The number of rotatable bonds is 25. The van der Waals surface area contributed by atoms with E-state index in [0.29, 0.717) is 25.9 Å². The highest BCUT2D eigenvalue weighted by Crippen LogP contribution is 2.41. The fourth-order valence-corrected chi connectivity index (χ4v) is 7.57. The summed E-state index contributed by atoms with van der Waals surface area (Å²) in [6, 6.07) is 7.91. The molecule has 1 aliphatic carbocycles. The largest absolute Gasteiger partial charge is 0.480 e. The fourth-order valence-electron chi connectivity index (χ4n) is 7.57. The molecule has 8 nitrogen and oxygen atoms in total. The number of benzene rings is 1. The molecule has 0 radical (unpaired) electrons. The maximum absolute atomic E-state index is 13.6. The number of fused-ring (bicyclic) bond motifs is 1. The SMILES string of the molecule is CC(C)(C)N.CCCCCCCCCCCCCCCCCCOC(=O)[C@H](CCc1ccccc1)N[C@@H](C)C(=O)N1[C@H](C(=O)O)C[C@@H]2CCC[C@@H]21. The Balaban J connectivity index is 0.00000168. The molecule has 2 fully saturated rings. The van der Waals surface area contributed by atoms with Crippen LogP contribution < -0.4 is 11.1 Å². The van der Waals surface area contributed by atoms with E-state index < -0.39 is 24.1 Å². The maximum atomic E-state index is 13.6. The molecule has 2 aliphatic rings. The first-order valence-corrected chi connectivity index (χ1v) is 20.7. The maximum Gasteiger partial charge on any atom is 0.326 e. The third-order valence-electron chi connectivity index (χ3n) is 10.3. The first kappa shape index (κ1) is 44.7. The standard InChI is InChI=1S/C39H64N2O5.C4H11N/c1-3-4-5-6-7-8-9-10-11-12-13-14-15-16-17-21-29-46-39(45)34(28-27-32-23-19-18-20-24-32)40-31(2)37(42)41-35-26-22-25-33(35)30-36(41)38(43)44;1-4(2,3)5/h18-20,23-24,31,33-36,40H,3-17,21-22,25-30H2,1-2H3,(H,43,44);5H2,1-3H3/t31-,33-,34-,35-,36-;/m0./s1. The quantitative estimate of drug-likeness (QED) is 0.0682. The minimum absolute atomic E-state index is 0. The Morgan fingerprint density at radius 1 is 0.863 bits per heavy atom. The Morgan fingerprint density at radius 3 is 1.88 bits per heavy atom. The highest BCUT2D eigenvalue weighted by Gasteiger charge is 2.49. The number of aryl methyl sites for hydroxylation is 1. The number of carbonyl (C=O) groups excluding carboxylic acids is 2. The summed E-state index contributed by atoms with van der Waals surface area (Å²) in [6.45, 7) is 10.3. The van der Waals surface area contributed by atoms with Gasteiger partial charge in [-0.2, -0.15) is 0 Å². The number of esters is 1. The third kappa shape index (κ3) is 19.3. The molecular formula is C43H75N3O5. The van der Waals surface area contributed by atoms with Crippen molar-refractivity contribution in [2.75, 3.05) is 6.61 Å². The van der Waals surface area contributed by atoms with Gasteiger partial charge in [-0.25, -0.2) is 4.79 Å². The van der Waals surface area contributed by atoms with Crippen LogP contribution in [0.25, 0.3) is 0 Å². The molecule has 0 unspecified atom stereocenters. The molecule has 1 amide bonds. The van der Waals surface area contributed by atoms with Crippen LogP contribution in [0.5, 0.6) is 0 Å². The van der Waals surface area contributed by atoms with Gasteiger partial charge in [0.05, 0.1) is 12.6 Å². The van der Waals surface area contributed by atoms with Gasteiger partial charge in [0, 0.05) is 11.6 Å². The summed E-state index contributed by atoms with van der Waals surface area (Å²) in [5.41, 5.74) is 6.48. The summed E-state index contributed by atoms with van der Waals surface area (Å²) in [5.74, 6) is -1.23. The smallest absolute Gasteiger partial charge is 0.326 e. The van der Waals surface area contributed by atoms with Crippen LogP contribution in [-0.4, -0.2) is 64.2 Å². The number of nitrogens with two attached hydrogens (primary N) is 1.